The molecule has 4 heterocycles. The fraction of sp³-hybridized carbons (Fsp3) is 0.0417. The quantitative estimate of drug-likeness (QED) is 0.322. The summed E-state index contributed by atoms with van der Waals surface area (Å²) >= 11 is 0. The van der Waals surface area contributed by atoms with Gasteiger partial charge in [0.2, 0.25) is 0 Å². The molecule has 6 rings (SSSR count). The number of nitrogen functional groups attached to an aromatic ring is 1. The smallest absolute Gasteiger partial charge is 0.300 e. The molecule has 1 atom stereocenters. The van der Waals surface area contributed by atoms with Crippen LogP contribution in [0.4, 0.5) is 23.3 Å². The van der Waals surface area contributed by atoms with E-state index >= 15 is 0 Å². The van der Waals surface area contributed by atoms with Crippen molar-refractivity contribution in [1.29, 1.82) is 5.26 Å². The molecule has 0 spiro atoms. The Morgan fingerprint density at radius 2 is 1.85 bits per heavy atom. The maximum absolute atomic E-state index is 9.80. The summed E-state index contributed by atoms with van der Waals surface area (Å²) in [7, 11) is 0. The van der Waals surface area contributed by atoms with Crippen LogP contribution in [0, 0.1) is 11.3 Å². The highest BCUT2D eigenvalue weighted by Crippen LogP contribution is 2.45. The Hall–Kier alpha value is -5.01. The Labute approximate surface area is 193 Å². The molecule has 0 amide bonds. The van der Waals surface area contributed by atoms with Crippen molar-refractivity contribution in [2.24, 2.45) is 0 Å². The molecule has 0 bridgehead atoms. The molecule has 10 heteroatoms. The van der Waals surface area contributed by atoms with Crippen molar-refractivity contribution in [1.82, 2.24) is 25.4 Å². The predicted octanol–water partition coefficient (Wildman–Crippen LogP) is 3.43. The van der Waals surface area contributed by atoms with Gasteiger partial charge < -0.3 is 20.9 Å². The van der Waals surface area contributed by atoms with Crippen LogP contribution in [0.15, 0.2) is 77.6 Å². The Morgan fingerprint density at radius 3 is 2.68 bits per heavy atom. The second-order valence-corrected chi connectivity index (χ2v) is 7.68. The lowest BCUT2D eigenvalue weighted by Gasteiger charge is -2.30. The van der Waals surface area contributed by atoms with Gasteiger partial charge in [-0.25, -0.2) is 15.4 Å². The second kappa shape index (κ2) is 7.54. The fourth-order valence-corrected chi connectivity index (χ4v) is 4.26. The van der Waals surface area contributed by atoms with Crippen molar-refractivity contribution in [2.45, 2.75) is 5.54 Å². The summed E-state index contributed by atoms with van der Waals surface area (Å²) in [6, 6.07) is 21.2. The molecule has 2 aromatic carbocycles. The Kier molecular flexibility index (Phi) is 4.36. The van der Waals surface area contributed by atoms with Crippen molar-refractivity contribution in [2.75, 3.05) is 16.5 Å². The van der Waals surface area contributed by atoms with E-state index in [1.54, 1.807) is 18.3 Å². The number of benzene rings is 2. The standard InChI is InChI=1S/C24H17N9O/c25-12-14-4-3-11-27-20(14)24(19-21(26)28-13-29-22(19)32-33-24)15-7-9-16(10-8-15)30-23-31-17-5-1-2-6-18(17)34-23/h1-11,13,33H,(H,30,31)(H3,26,28,29,32). The van der Waals surface area contributed by atoms with Gasteiger partial charge in [0.15, 0.2) is 11.4 Å². The Bertz CT molecular complexity index is 1540. The number of hydrazine groups is 1. The zero-order chi connectivity index (χ0) is 23.1. The highest BCUT2D eigenvalue weighted by atomic mass is 16.4. The number of oxazole rings is 1. The third kappa shape index (κ3) is 2.92. The minimum atomic E-state index is -1.08. The number of nitriles is 1. The Balaban J connectivity index is 1.45. The van der Waals surface area contributed by atoms with E-state index < -0.39 is 5.54 Å². The van der Waals surface area contributed by atoms with Crippen LogP contribution in [0.3, 0.4) is 0 Å². The molecule has 1 aliphatic heterocycles. The van der Waals surface area contributed by atoms with E-state index in [9.17, 15) is 5.26 Å². The van der Waals surface area contributed by atoms with Crippen LogP contribution >= 0.6 is 0 Å². The van der Waals surface area contributed by atoms with E-state index in [0.717, 1.165) is 16.8 Å². The summed E-state index contributed by atoms with van der Waals surface area (Å²) in [5.74, 6) is 0.807. The van der Waals surface area contributed by atoms with E-state index in [4.69, 9.17) is 10.2 Å². The normalized spacial score (nSPS) is 16.6. The van der Waals surface area contributed by atoms with Gasteiger partial charge >= 0.3 is 0 Å². The number of fused-ring (bicyclic) bond motifs is 2. The number of anilines is 4. The maximum Gasteiger partial charge on any atom is 0.300 e. The number of hydrogen-bond acceptors (Lipinski definition) is 10. The number of pyridine rings is 1. The SMILES string of the molecule is N#Cc1cccnc1C1(c2ccc(Nc3nc4ccccc4o3)cc2)NNc2ncnc(N)c21. The van der Waals surface area contributed by atoms with Crippen molar-refractivity contribution >= 4 is 34.4 Å². The minimum Gasteiger partial charge on any atom is -0.423 e. The highest BCUT2D eigenvalue weighted by molar-refractivity contribution is 5.75. The van der Waals surface area contributed by atoms with Gasteiger partial charge in [-0.15, -0.1) is 0 Å². The highest BCUT2D eigenvalue weighted by Gasteiger charge is 2.47. The summed E-state index contributed by atoms with van der Waals surface area (Å²) < 4.78 is 5.76. The van der Waals surface area contributed by atoms with Crippen LogP contribution < -0.4 is 21.9 Å². The number of nitrogens with two attached hydrogens (primary N) is 1. The largest absolute Gasteiger partial charge is 0.423 e. The van der Waals surface area contributed by atoms with Crippen LogP contribution in [-0.4, -0.2) is 19.9 Å². The molecule has 10 nitrogen and oxygen atoms in total. The zero-order valence-corrected chi connectivity index (χ0v) is 17.6. The summed E-state index contributed by atoms with van der Waals surface area (Å²) in [6.45, 7) is 0. The van der Waals surface area contributed by atoms with Crippen molar-refractivity contribution in [3.63, 3.8) is 0 Å². The van der Waals surface area contributed by atoms with E-state index in [1.165, 1.54) is 6.33 Å². The number of para-hydroxylation sites is 2. The van der Waals surface area contributed by atoms with Crippen molar-refractivity contribution in [3.05, 3.63) is 95.6 Å². The molecular formula is C24H17N9O. The average Bonchev–Trinajstić information content (AvgIpc) is 3.47. The van der Waals surface area contributed by atoms with Gasteiger partial charge in [-0.05, 0) is 42.0 Å². The first-order valence-electron chi connectivity index (χ1n) is 10.4. The topological polar surface area (TPSA) is 151 Å². The molecule has 3 aromatic heterocycles. The molecule has 164 valence electrons. The van der Waals surface area contributed by atoms with Crippen molar-refractivity contribution in [3.8, 4) is 6.07 Å². The van der Waals surface area contributed by atoms with Crippen LogP contribution in [0.5, 0.6) is 0 Å². The monoisotopic (exact) mass is 447 g/mol. The molecule has 1 aliphatic rings. The van der Waals surface area contributed by atoms with E-state index in [2.05, 4.69) is 42.2 Å². The minimum absolute atomic E-state index is 0.283. The zero-order valence-electron chi connectivity index (χ0n) is 17.6. The van der Waals surface area contributed by atoms with Gasteiger partial charge in [-0.3, -0.25) is 4.98 Å². The molecular weight excluding hydrogens is 430 g/mol. The first-order valence-corrected chi connectivity index (χ1v) is 10.4. The molecule has 0 saturated heterocycles. The van der Waals surface area contributed by atoms with E-state index in [0.29, 0.717) is 34.2 Å². The number of rotatable bonds is 4. The lowest BCUT2D eigenvalue weighted by molar-refractivity contribution is 0.537. The van der Waals surface area contributed by atoms with Gasteiger partial charge in [0.1, 0.15) is 29.3 Å². The number of nitrogens with zero attached hydrogens (tertiary/aromatic N) is 5. The van der Waals surface area contributed by atoms with Crippen molar-refractivity contribution < 1.29 is 4.42 Å². The van der Waals surface area contributed by atoms with Crippen LogP contribution in [0.2, 0.25) is 0 Å². The maximum atomic E-state index is 9.80. The number of aromatic nitrogens is 4. The lowest BCUT2D eigenvalue weighted by Crippen LogP contribution is -2.43. The first-order chi connectivity index (χ1) is 16.7. The molecule has 34 heavy (non-hydrogen) atoms. The third-order valence-electron chi connectivity index (χ3n) is 5.77. The number of nitrogens with one attached hydrogen (secondary N) is 3. The third-order valence-corrected chi connectivity index (χ3v) is 5.77. The summed E-state index contributed by atoms with van der Waals surface area (Å²) in [6.07, 6.45) is 3.02. The van der Waals surface area contributed by atoms with Gasteiger partial charge in [0, 0.05) is 11.9 Å². The Morgan fingerprint density at radius 1 is 1.00 bits per heavy atom. The van der Waals surface area contributed by atoms with E-state index in [-0.39, 0.29) is 5.82 Å². The molecule has 0 fully saturated rings. The van der Waals surface area contributed by atoms with Crippen LogP contribution in [0.1, 0.15) is 22.4 Å². The molecule has 0 aliphatic carbocycles. The van der Waals surface area contributed by atoms with Crippen LogP contribution in [0.25, 0.3) is 11.1 Å². The number of hydrogen-bond donors (Lipinski definition) is 4. The van der Waals surface area contributed by atoms with E-state index in [1.807, 2.05) is 48.5 Å². The van der Waals surface area contributed by atoms with Gasteiger partial charge in [0.05, 0.1) is 16.8 Å². The molecule has 0 saturated carbocycles. The summed E-state index contributed by atoms with van der Waals surface area (Å²) in [5, 5.41) is 13.0. The first kappa shape index (κ1) is 19.7. The van der Waals surface area contributed by atoms with Crippen LogP contribution in [-0.2, 0) is 5.54 Å². The van der Waals surface area contributed by atoms with Gasteiger partial charge in [-0.2, -0.15) is 10.2 Å². The fourth-order valence-electron chi connectivity index (χ4n) is 4.26. The molecule has 1 unspecified atom stereocenters. The second-order valence-electron chi connectivity index (χ2n) is 7.68. The lowest BCUT2D eigenvalue weighted by atomic mass is 9.79. The summed E-state index contributed by atoms with van der Waals surface area (Å²) in [4.78, 5) is 17.5. The average molecular weight is 447 g/mol. The summed E-state index contributed by atoms with van der Waals surface area (Å²) in [5.41, 5.74) is 16.1. The molecule has 5 N–H and O–H groups in total. The molecule has 0 radical (unpaired) electrons. The predicted molar refractivity (Wildman–Crippen MR) is 126 cm³/mol. The molecule has 5 aromatic rings. The van der Waals surface area contributed by atoms with Gasteiger partial charge in [0.25, 0.3) is 6.01 Å². The van der Waals surface area contributed by atoms with Gasteiger partial charge in [-0.1, -0.05) is 24.3 Å².